The number of Topliss-reactive ketones (excluding diaryl/α,β-unsaturated/α-hetero) is 2. The summed E-state index contributed by atoms with van der Waals surface area (Å²) in [7, 11) is 0. The summed E-state index contributed by atoms with van der Waals surface area (Å²) in [5.41, 5.74) is 1.34. The molecule has 0 aliphatic carbocycles. The van der Waals surface area contributed by atoms with Gasteiger partial charge in [0, 0.05) is 13.3 Å². The van der Waals surface area contributed by atoms with Gasteiger partial charge in [0.2, 0.25) is 0 Å². The van der Waals surface area contributed by atoms with E-state index in [2.05, 4.69) is 26.8 Å². The van der Waals surface area contributed by atoms with E-state index in [1.54, 1.807) is 0 Å². The maximum absolute atomic E-state index is 11.1. The smallest absolute Gasteiger partial charge is 0.198 e. The van der Waals surface area contributed by atoms with Gasteiger partial charge in [-0.05, 0) is 39.0 Å². The van der Waals surface area contributed by atoms with Crippen molar-refractivity contribution in [1.82, 2.24) is 0 Å². The normalized spacial score (nSPS) is 12.0. The maximum atomic E-state index is 11.1. The van der Waals surface area contributed by atoms with Crippen LogP contribution in [0.5, 0.6) is 0 Å². The number of carbonyl (C=O) groups excluding carboxylic acids is 2. The highest BCUT2D eigenvalue weighted by molar-refractivity contribution is 6.36. The molecule has 0 aliphatic heterocycles. The topological polar surface area (TPSA) is 34.1 Å². The van der Waals surface area contributed by atoms with Crippen LogP contribution in [0, 0.1) is 5.92 Å². The van der Waals surface area contributed by atoms with E-state index in [4.69, 9.17) is 0 Å². The number of ketones is 2. The van der Waals surface area contributed by atoms with Gasteiger partial charge < -0.3 is 0 Å². The summed E-state index contributed by atoms with van der Waals surface area (Å²) in [4.78, 5) is 21.8. The zero-order valence-corrected chi connectivity index (χ0v) is 10.3. The van der Waals surface area contributed by atoms with Gasteiger partial charge >= 0.3 is 0 Å². The van der Waals surface area contributed by atoms with Crippen LogP contribution in [0.15, 0.2) is 11.6 Å². The zero-order valence-electron chi connectivity index (χ0n) is 10.3. The van der Waals surface area contributed by atoms with Crippen LogP contribution in [0.3, 0.4) is 0 Å². The molecule has 0 aromatic heterocycles. The zero-order chi connectivity index (χ0) is 11.8. The summed E-state index contributed by atoms with van der Waals surface area (Å²) < 4.78 is 0. The molecule has 0 saturated heterocycles. The van der Waals surface area contributed by atoms with Crippen molar-refractivity contribution >= 4 is 11.6 Å². The second kappa shape index (κ2) is 7.38. The number of carbonyl (C=O) groups is 2. The first-order chi connectivity index (χ1) is 6.93. The highest BCUT2D eigenvalue weighted by Crippen LogP contribution is 2.14. The minimum absolute atomic E-state index is 0.232. The average Bonchev–Trinajstić information content (AvgIpc) is 2.13. The van der Waals surface area contributed by atoms with Crippen molar-refractivity contribution in [1.29, 1.82) is 0 Å². The Morgan fingerprint density at radius 3 is 2.20 bits per heavy atom. The van der Waals surface area contributed by atoms with Gasteiger partial charge in [0.15, 0.2) is 11.6 Å². The standard InChI is InChI=1S/C13H22O2/c1-10(2)6-5-7-11(3)8-9-13(15)12(4)14/h6,11H,5,7-9H2,1-4H3. The highest BCUT2D eigenvalue weighted by atomic mass is 16.2. The molecule has 2 nitrogen and oxygen atoms in total. The molecule has 0 fully saturated rings. The molecule has 0 saturated carbocycles. The van der Waals surface area contributed by atoms with Crippen molar-refractivity contribution in [3.05, 3.63) is 11.6 Å². The molecule has 0 bridgehead atoms. The third-order valence-electron chi connectivity index (χ3n) is 2.47. The van der Waals surface area contributed by atoms with E-state index in [1.165, 1.54) is 12.5 Å². The lowest BCUT2D eigenvalue weighted by Gasteiger charge is -2.08. The van der Waals surface area contributed by atoms with Gasteiger partial charge in [-0.1, -0.05) is 18.6 Å². The second-order valence-corrected chi connectivity index (χ2v) is 4.48. The molecule has 2 heteroatoms. The SMILES string of the molecule is CC(=O)C(=O)CCC(C)CCC=C(C)C. The predicted molar refractivity (Wildman–Crippen MR) is 62.8 cm³/mol. The van der Waals surface area contributed by atoms with Gasteiger partial charge in [0.05, 0.1) is 0 Å². The molecule has 0 N–H and O–H groups in total. The van der Waals surface area contributed by atoms with Crippen LogP contribution in [-0.2, 0) is 9.59 Å². The van der Waals surface area contributed by atoms with E-state index in [9.17, 15) is 9.59 Å². The molecule has 15 heavy (non-hydrogen) atoms. The summed E-state index contributed by atoms with van der Waals surface area (Å²) in [5, 5.41) is 0. The molecular weight excluding hydrogens is 188 g/mol. The fourth-order valence-corrected chi connectivity index (χ4v) is 1.35. The van der Waals surface area contributed by atoms with E-state index in [1.807, 2.05) is 0 Å². The van der Waals surface area contributed by atoms with E-state index < -0.39 is 0 Å². The van der Waals surface area contributed by atoms with Crippen LogP contribution < -0.4 is 0 Å². The number of hydrogen-bond acceptors (Lipinski definition) is 2. The van der Waals surface area contributed by atoms with Gasteiger partial charge in [-0.3, -0.25) is 9.59 Å². The molecule has 0 aromatic carbocycles. The van der Waals surface area contributed by atoms with Crippen LogP contribution in [-0.4, -0.2) is 11.6 Å². The Hall–Kier alpha value is -0.920. The molecule has 0 aliphatic rings. The number of hydrogen-bond donors (Lipinski definition) is 0. The summed E-state index contributed by atoms with van der Waals surface area (Å²) in [5.74, 6) is -0.0283. The van der Waals surface area contributed by atoms with Crippen molar-refractivity contribution in [3.8, 4) is 0 Å². The molecule has 0 amide bonds. The van der Waals surface area contributed by atoms with Gasteiger partial charge in [-0.25, -0.2) is 0 Å². The minimum Gasteiger partial charge on any atom is -0.291 e. The second-order valence-electron chi connectivity index (χ2n) is 4.48. The Balaban J connectivity index is 3.66. The molecule has 1 unspecified atom stereocenters. The molecule has 0 spiro atoms. The molecule has 1 atom stereocenters. The van der Waals surface area contributed by atoms with Crippen LogP contribution >= 0.6 is 0 Å². The quantitative estimate of drug-likeness (QED) is 0.477. The van der Waals surface area contributed by atoms with E-state index in [0.717, 1.165) is 19.3 Å². The lowest BCUT2D eigenvalue weighted by atomic mass is 9.97. The number of allylic oxidation sites excluding steroid dienone is 2. The molecule has 0 radical (unpaired) electrons. The summed E-state index contributed by atoms with van der Waals surface area (Å²) in [6, 6.07) is 0. The number of rotatable bonds is 7. The van der Waals surface area contributed by atoms with Crippen molar-refractivity contribution in [2.45, 2.75) is 53.4 Å². The molecule has 0 rings (SSSR count). The van der Waals surface area contributed by atoms with Crippen molar-refractivity contribution < 1.29 is 9.59 Å². The molecular formula is C13H22O2. The first kappa shape index (κ1) is 14.1. The van der Waals surface area contributed by atoms with E-state index >= 15 is 0 Å². The lowest BCUT2D eigenvalue weighted by Crippen LogP contribution is -2.10. The van der Waals surface area contributed by atoms with Crippen molar-refractivity contribution in [3.63, 3.8) is 0 Å². The first-order valence-corrected chi connectivity index (χ1v) is 5.60. The Labute approximate surface area is 92.8 Å². The van der Waals surface area contributed by atoms with Gasteiger partial charge in [0.1, 0.15) is 0 Å². The van der Waals surface area contributed by atoms with Crippen LogP contribution in [0.2, 0.25) is 0 Å². The Morgan fingerprint density at radius 2 is 1.73 bits per heavy atom. The lowest BCUT2D eigenvalue weighted by molar-refractivity contribution is -0.135. The first-order valence-electron chi connectivity index (χ1n) is 5.60. The Morgan fingerprint density at radius 1 is 1.13 bits per heavy atom. The van der Waals surface area contributed by atoms with Crippen molar-refractivity contribution in [2.75, 3.05) is 0 Å². The largest absolute Gasteiger partial charge is 0.291 e. The predicted octanol–water partition coefficient (Wildman–Crippen LogP) is 3.31. The van der Waals surface area contributed by atoms with Gasteiger partial charge in [-0.15, -0.1) is 0 Å². The van der Waals surface area contributed by atoms with E-state index in [0.29, 0.717) is 12.3 Å². The van der Waals surface area contributed by atoms with Crippen LogP contribution in [0.25, 0.3) is 0 Å². The third-order valence-corrected chi connectivity index (χ3v) is 2.47. The molecule has 86 valence electrons. The van der Waals surface area contributed by atoms with E-state index in [-0.39, 0.29) is 11.6 Å². The van der Waals surface area contributed by atoms with Crippen molar-refractivity contribution in [2.24, 2.45) is 5.92 Å². The molecule has 0 aromatic rings. The fourth-order valence-electron chi connectivity index (χ4n) is 1.35. The van der Waals surface area contributed by atoms with Crippen LogP contribution in [0.4, 0.5) is 0 Å². The fraction of sp³-hybridized carbons (Fsp3) is 0.692. The monoisotopic (exact) mass is 210 g/mol. The summed E-state index contributed by atoms with van der Waals surface area (Å²) in [6.45, 7) is 7.65. The molecule has 0 heterocycles. The van der Waals surface area contributed by atoms with Crippen LogP contribution in [0.1, 0.15) is 53.4 Å². The minimum atomic E-state index is -0.313. The van der Waals surface area contributed by atoms with Gasteiger partial charge in [-0.2, -0.15) is 0 Å². The maximum Gasteiger partial charge on any atom is 0.198 e. The highest BCUT2D eigenvalue weighted by Gasteiger charge is 2.09. The summed E-state index contributed by atoms with van der Waals surface area (Å²) >= 11 is 0. The average molecular weight is 210 g/mol. The van der Waals surface area contributed by atoms with Gasteiger partial charge in [0.25, 0.3) is 0 Å². The summed E-state index contributed by atoms with van der Waals surface area (Å²) in [6.07, 6.45) is 5.61. The third kappa shape index (κ3) is 8.10. The Kier molecular flexibility index (Phi) is 6.93. The Bertz CT molecular complexity index is 247.